The molecule has 50 heavy (non-hydrogen) atoms. The summed E-state index contributed by atoms with van der Waals surface area (Å²) >= 11 is 2.55. The molecule has 0 fully saturated rings. The molecule has 1 heterocycles. The van der Waals surface area contributed by atoms with Gasteiger partial charge in [0.05, 0.1) is 19.0 Å². The van der Waals surface area contributed by atoms with Crippen LogP contribution >= 0.6 is 23.1 Å². The van der Waals surface area contributed by atoms with Gasteiger partial charge in [0.25, 0.3) is 11.8 Å². The third-order valence-electron chi connectivity index (χ3n) is 7.33. The molecule has 0 bridgehead atoms. The van der Waals surface area contributed by atoms with Crippen LogP contribution in [-0.2, 0) is 14.3 Å². The van der Waals surface area contributed by atoms with Gasteiger partial charge in [-0.05, 0) is 61.9 Å². The van der Waals surface area contributed by atoms with Crippen LogP contribution in [0.3, 0.4) is 0 Å². The quantitative estimate of drug-likeness (QED) is 0.0642. The lowest BCUT2D eigenvalue weighted by Gasteiger charge is -2.15. The normalized spacial score (nSPS) is 11.6. The Hall–Kier alpha value is -5.65. The highest BCUT2D eigenvalue weighted by Gasteiger charge is 2.25. The van der Waals surface area contributed by atoms with Crippen molar-refractivity contribution < 1.29 is 28.7 Å². The number of para-hydroxylation sites is 1. The molecular formula is C39H35N3O6S2. The van der Waals surface area contributed by atoms with Crippen molar-refractivity contribution in [2.24, 2.45) is 0 Å². The summed E-state index contributed by atoms with van der Waals surface area (Å²) in [6.07, 6.45) is 1.55. The summed E-state index contributed by atoms with van der Waals surface area (Å²) in [7, 11) is 1.53. The predicted molar refractivity (Wildman–Crippen MR) is 200 cm³/mol. The Morgan fingerprint density at radius 2 is 1.56 bits per heavy atom. The molecule has 0 aliphatic heterocycles. The molecule has 11 heteroatoms. The van der Waals surface area contributed by atoms with Crippen molar-refractivity contribution in [3.8, 4) is 16.9 Å². The summed E-state index contributed by atoms with van der Waals surface area (Å²) in [5, 5.41) is 10.2. The van der Waals surface area contributed by atoms with Crippen LogP contribution in [0.4, 0.5) is 10.7 Å². The molecule has 4 aromatic carbocycles. The Morgan fingerprint density at radius 1 is 0.860 bits per heavy atom. The zero-order valence-corrected chi connectivity index (χ0v) is 29.2. The fourth-order valence-electron chi connectivity index (χ4n) is 4.89. The number of methoxy groups -OCH3 is 1. The molecule has 1 atom stereocenters. The molecule has 1 unspecified atom stereocenters. The molecule has 3 amide bonds. The molecule has 1 aromatic heterocycles. The molecule has 3 N–H and O–H groups in total. The molecule has 5 rings (SSSR count). The molecule has 9 nitrogen and oxygen atoms in total. The number of nitrogens with one attached hydrogen (secondary N) is 3. The van der Waals surface area contributed by atoms with E-state index in [4.69, 9.17) is 9.47 Å². The van der Waals surface area contributed by atoms with Crippen molar-refractivity contribution in [3.05, 3.63) is 137 Å². The van der Waals surface area contributed by atoms with Gasteiger partial charge in [-0.1, -0.05) is 72.8 Å². The number of carbonyl (C=O) groups excluding carboxylic acids is 4. The number of amides is 3. The van der Waals surface area contributed by atoms with Crippen LogP contribution in [0.2, 0.25) is 0 Å². The van der Waals surface area contributed by atoms with Gasteiger partial charge in [0.2, 0.25) is 5.91 Å². The van der Waals surface area contributed by atoms with E-state index in [0.29, 0.717) is 38.7 Å². The molecule has 5 aromatic rings. The van der Waals surface area contributed by atoms with Crippen LogP contribution in [0.15, 0.2) is 125 Å². The summed E-state index contributed by atoms with van der Waals surface area (Å²) in [4.78, 5) is 53.8. The molecule has 0 spiro atoms. The van der Waals surface area contributed by atoms with E-state index in [2.05, 4.69) is 16.0 Å². The Kier molecular flexibility index (Phi) is 12.2. The van der Waals surface area contributed by atoms with Crippen molar-refractivity contribution in [2.75, 3.05) is 24.4 Å². The largest absolute Gasteiger partial charge is 0.496 e. The molecule has 254 valence electrons. The van der Waals surface area contributed by atoms with Crippen molar-refractivity contribution in [2.45, 2.75) is 24.0 Å². The van der Waals surface area contributed by atoms with Crippen molar-refractivity contribution >= 4 is 63.6 Å². The summed E-state index contributed by atoms with van der Waals surface area (Å²) in [5.74, 6) is -1.27. The van der Waals surface area contributed by atoms with E-state index in [1.54, 1.807) is 86.7 Å². The van der Waals surface area contributed by atoms with E-state index in [0.717, 1.165) is 10.5 Å². The lowest BCUT2D eigenvalue weighted by Crippen LogP contribution is -2.30. The Morgan fingerprint density at radius 3 is 2.28 bits per heavy atom. The van der Waals surface area contributed by atoms with Crippen LogP contribution in [0, 0.1) is 0 Å². The number of benzene rings is 4. The van der Waals surface area contributed by atoms with Crippen LogP contribution in [0.25, 0.3) is 17.2 Å². The molecule has 0 aliphatic carbocycles. The fraction of sp³-hybridized carbons (Fsp3) is 0.128. The number of rotatable bonds is 13. The van der Waals surface area contributed by atoms with E-state index >= 15 is 0 Å². The maximum atomic E-state index is 13.6. The maximum Gasteiger partial charge on any atom is 0.341 e. The first kappa shape index (κ1) is 35.7. The van der Waals surface area contributed by atoms with Gasteiger partial charge in [-0.15, -0.1) is 23.1 Å². The summed E-state index contributed by atoms with van der Waals surface area (Å²) in [6.45, 7) is 3.69. The van der Waals surface area contributed by atoms with Gasteiger partial charge in [-0.25, -0.2) is 4.79 Å². The van der Waals surface area contributed by atoms with Crippen LogP contribution in [0.5, 0.6) is 5.75 Å². The lowest BCUT2D eigenvalue weighted by molar-refractivity contribution is -0.115. The number of esters is 1. The van der Waals surface area contributed by atoms with Crippen LogP contribution in [0.1, 0.15) is 40.1 Å². The smallest absolute Gasteiger partial charge is 0.341 e. The van der Waals surface area contributed by atoms with Crippen LogP contribution < -0.4 is 20.7 Å². The highest BCUT2D eigenvalue weighted by molar-refractivity contribution is 8.00. The number of thioether (sulfide) groups is 1. The SMILES string of the molecule is CCOC(=O)c1c(-c2ccccc2)csc1NC(=O)C(C)Sc1cccc(NC(=O)/C(=C\c2ccccc2OC)NC(=O)c2ccccc2)c1. The van der Waals surface area contributed by atoms with Crippen molar-refractivity contribution in [1.29, 1.82) is 0 Å². The van der Waals surface area contributed by atoms with Crippen molar-refractivity contribution in [3.63, 3.8) is 0 Å². The first-order chi connectivity index (χ1) is 24.3. The highest BCUT2D eigenvalue weighted by atomic mass is 32.2. The van der Waals surface area contributed by atoms with Gasteiger partial charge in [0, 0.05) is 32.7 Å². The summed E-state index contributed by atoms with van der Waals surface area (Å²) < 4.78 is 10.8. The van der Waals surface area contributed by atoms with Gasteiger partial charge in [0.15, 0.2) is 0 Å². The third kappa shape index (κ3) is 9.07. The number of ether oxygens (including phenoxy) is 2. The number of hydrogen-bond donors (Lipinski definition) is 3. The second-order valence-corrected chi connectivity index (χ2v) is 13.1. The van der Waals surface area contributed by atoms with E-state index in [-0.39, 0.29) is 18.2 Å². The Labute approximate surface area is 298 Å². The van der Waals surface area contributed by atoms with Gasteiger partial charge in [-0.3, -0.25) is 14.4 Å². The van der Waals surface area contributed by atoms with Gasteiger partial charge >= 0.3 is 5.97 Å². The standard InChI is InChI=1S/C39H35N3O6S2/c1-4-48-39(46)34-31(26-14-7-5-8-15-26)24-49-38(34)42-35(43)25(2)50-30-20-13-19-29(23-30)40-37(45)32(22-28-18-11-12-21-33(28)47-3)41-36(44)27-16-9-6-10-17-27/h5-25H,4H2,1-3H3,(H,40,45)(H,41,44)(H,42,43)/b32-22+. The monoisotopic (exact) mass is 705 g/mol. The minimum Gasteiger partial charge on any atom is -0.496 e. The summed E-state index contributed by atoms with van der Waals surface area (Å²) in [5.41, 5.74) is 3.31. The summed E-state index contributed by atoms with van der Waals surface area (Å²) in [6, 6.07) is 32.3. The van der Waals surface area contributed by atoms with E-state index < -0.39 is 23.0 Å². The zero-order valence-electron chi connectivity index (χ0n) is 27.6. The first-order valence-corrected chi connectivity index (χ1v) is 17.5. The van der Waals surface area contributed by atoms with Gasteiger partial charge < -0.3 is 25.4 Å². The lowest BCUT2D eigenvalue weighted by atomic mass is 10.0. The van der Waals surface area contributed by atoms with Crippen LogP contribution in [-0.4, -0.2) is 42.7 Å². The van der Waals surface area contributed by atoms with Crippen molar-refractivity contribution in [1.82, 2.24) is 5.32 Å². The third-order valence-corrected chi connectivity index (χ3v) is 9.32. The fourth-order valence-corrected chi connectivity index (χ4v) is 6.77. The number of hydrogen-bond acceptors (Lipinski definition) is 8. The average molecular weight is 706 g/mol. The Bertz CT molecular complexity index is 2010. The Balaban J connectivity index is 1.31. The second-order valence-electron chi connectivity index (χ2n) is 10.8. The average Bonchev–Trinajstić information content (AvgIpc) is 3.56. The minimum absolute atomic E-state index is 0.0115. The molecule has 0 aliphatic rings. The predicted octanol–water partition coefficient (Wildman–Crippen LogP) is 8.13. The highest BCUT2D eigenvalue weighted by Crippen LogP contribution is 2.37. The zero-order chi connectivity index (χ0) is 35.5. The molecule has 0 saturated heterocycles. The number of thiophene rings is 1. The topological polar surface area (TPSA) is 123 Å². The van der Waals surface area contributed by atoms with E-state index in [1.165, 1.54) is 30.2 Å². The number of carbonyl (C=O) groups is 4. The molecule has 0 saturated carbocycles. The minimum atomic E-state index is -0.565. The van der Waals surface area contributed by atoms with Gasteiger partial charge in [-0.2, -0.15) is 0 Å². The second kappa shape index (κ2) is 17.1. The van der Waals surface area contributed by atoms with E-state index in [9.17, 15) is 19.2 Å². The number of anilines is 2. The molecular weight excluding hydrogens is 671 g/mol. The van der Waals surface area contributed by atoms with E-state index in [1.807, 2.05) is 47.8 Å². The maximum absolute atomic E-state index is 13.6. The molecule has 0 radical (unpaired) electrons. The first-order valence-electron chi connectivity index (χ1n) is 15.7. The van der Waals surface area contributed by atoms with Gasteiger partial charge in [0.1, 0.15) is 22.0 Å².